The summed E-state index contributed by atoms with van der Waals surface area (Å²) in [5.74, 6) is 0.797. The van der Waals surface area contributed by atoms with Gasteiger partial charge in [-0.05, 0) is 0 Å². The maximum atomic E-state index is 5.59. The van der Waals surface area contributed by atoms with Gasteiger partial charge < -0.3 is 9.73 Å². The fraction of sp³-hybridized carbons (Fsp3) is 0.778. The molecule has 4 nitrogen and oxygen atoms in total. The first-order valence-corrected chi connectivity index (χ1v) is 5.97. The molecule has 1 aromatic heterocycles. The predicted molar refractivity (Wildman–Crippen MR) is 54.1 cm³/mol. The van der Waals surface area contributed by atoms with E-state index in [1.54, 1.807) is 11.8 Å². The van der Waals surface area contributed by atoms with Crippen molar-refractivity contribution in [1.29, 1.82) is 0 Å². The summed E-state index contributed by atoms with van der Waals surface area (Å²) in [6.07, 6.45) is 2.41. The average molecular weight is 214 g/mol. The molecule has 1 aliphatic rings. The third kappa shape index (κ3) is 2.27. The zero-order chi connectivity index (χ0) is 9.97. The van der Waals surface area contributed by atoms with Crippen molar-refractivity contribution in [3.8, 4) is 0 Å². The van der Waals surface area contributed by atoms with Crippen molar-refractivity contribution in [2.75, 3.05) is 6.54 Å². The van der Waals surface area contributed by atoms with E-state index in [1.807, 2.05) is 0 Å². The lowest BCUT2D eigenvalue weighted by Crippen LogP contribution is -2.81. The fourth-order valence-corrected chi connectivity index (χ4v) is 2.24. The molecule has 2 heterocycles. The van der Waals surface area contributed by atoms with Crippen LogP contribution in [0.5, 0.6) is 0 Å². The maximum absolute atomic E-state index is 5.59. The largest absolute Gasteiger partial charge is 0.410 e. The van der Waals surface area contributed by atoms with Crippen LogP contribution in [0, 0.1) is 0 Å². The lowest BCUT2D eigenvalue weighted by molar-refractivity contribution is -0.678. The van der Waals surface area contributed by atoms with Gasteiger partial charge in [-0.15, -0.1) is 10.2 Å². The second kappa shape index (κ2) is 4.31. The standard InChI is InChI=1S/C9H15N3OS/c1-6(2)14-9-12-11-8(13-9)7-4-3-5-10-7/h6-7,10H,3-5H2,1-2H3/p+1/t7-/m0/s1. The molecule has 1 aromatic rings. The van der Waals surface area contributed by atoms with E-state index in [0.717, 1.165) is 12.3 Å². The van der Waals surface area contributed by atoms with Crippen molar-refractivity contribution >= 4 is 11.8 Å². The van der Waals surface area contributed by atoms with E-state index in [1.165, 1.54) is 13.0 Å². The Morgan fingerprint density at radius 1 is 1.50 bits per heavy atom. The summed E-state index contributed by atoms with van der Waals surface area (Å²) in [5, 5.41) is 11.6. The van der Waals surface area contributed by atoms with Gasteiger partial charge in [0.15, 0.2) is 6.04 Å². The topological polar surface area (TPSA) is 55.5 Å². The summed E-state index contributed by atoms with van der Waals surface area (Å²) in [6.45, 7) is 5.42. The molecule has 0 aliphatic carbocycles. The van der Waals surface area contributed by atoms with E-state index in [-0.39, 0.29) is 0 Å². The molecule has 5 heteroatoms. The van der Waals surface area contributed by atoms with E-state index < -0.39 is 0 Å². The minimum Gasteiger partial charge on any atom is -0.410 e. The third-order valence-electron chi connectivity index (χ3n) is 2.25. The summed E-state index contributed by atoms with van der Waals surface area (Å²) >= 11 is 1.62. The Hall–Kier alpha value is -0.550. The molecule has 2 rings (SSSR count). The van der Waals surface area contributed by atoms with Crippen molar-refractivity contribution in [3.63, 3.8) is 0 Å². The van der Waals surface area contributed by atoms with Crippen LogP contribution in [0.25, 0.3) is 0 Å². The van der Waals surface area contributed by atoms with Gasteiger partial charge in [-0.1, -0.05) is 25.6 Å². The van der Waals surface area contributed by atoms with Crippen molar-refractivity contribution in [1.82, 2.24) is 10.2 Å². The lowest BCUT2D eigenvalue weighted by Gasteiger charge is -1.99. The van der Waals surface area contributed by atoms with Crippen molar-refractivity contribution in [2.45, 2.75) is 43.2 Å². The molecule has 0 amide bonds. The Kier molecular flexibility index (Phi) is 3.08. The van der Waals surface area contributed by atoms with Crippen LogP contribution in [0.4, 0.5) is 0 Å². The number of thioether (sulfide) groups is 1. The van der Waals surface area contributed by atoms with Crippen LogP contribution >= 0.6 is 11.8 Å². The predicted octanol–water partition coefficient (Wildman–Crippen LogP) is 0.968. The highest BCUT2D eigenvalue weighted by molar-refractivity contribution is 7.99. The Balaban J connectivity index is 2.01. The quantitative estimate of drug-likeness (QED) is 0.762. The van der Waals surface area contributed by atoms with Gasteiger partial charge in [0.1, 0.15) is 0 Å². The van der Waals surface area contributed by atoms with Gasteiger partial charge in [0.2, 0.25) is 0 Å². The highest BCUT2D eigenvalue weighted by Crippen LogP contribution is 2.24. The molecule has 1 fully saturated rings. The van der Waals surface area contributed by atoms with Crippen LogP contribution < -0.4 is 5.32 Å². The number of nitrogens with two attached hydrogens (primary N) is 1. The third-order valence-corrected chi connectivity index (χ3v) is 3.08. The first-order chi connectivity index (χ1) is 6.75. The molecule has 0 spiro atoms. The molecule has 0 radical (unpaired) electrons. The smallest absolute Gasteiger partial charge is 0.277 e. The van der Waals surface area contributed by atoms with Gasteiger partial charge in [-0.2, -0.15) is 0 Å². The molecule has 1 atom stereocenters. The number of quaternary nitrogens is 1. The van der Waals surface area contributed by atoms with Crippen LogP contribution in [0.2, 0.25) is 0 Å². The van der Waals surface area contributed by atoms with Crippen LogP contribution in [0.15, 0.2) is 9.64 Å². The van der Waals surface area contributed by atoms with E-state index in [4.69, 9.17) is 4.42 Å². The molecular weight excluding hydrogens is 198 g/mol. The van der Waals surface area contributed by atoms with E-state index in [0.29, 0.717) is 16.5 Å². The maximum Gasteiger partial charge on any atom is 0.277 e. The molecule has 0 bridgehead atoms. The number of hydrogen-bond donors (Lipinski definition) is 1. The normalized spacial score (nSPS) is 22.1. The highest BCUT2D eigenvalue weighted by atomic mass is 32.2. The van der Waals surface area contributed by atoms with Crippen LogP contribution in [-0.4, -0.2) is 22.0 Å². The number of nitrogens with zero attached hydrogens (tertiary/aromatic N) is 2. The number of rotatable bonds is 3. The SMILES string of the molecule is CC(C)Sc1nnc([C@@H]2CCC[NH2+]2)o1. The van der Waals surface area contributed by atoms with Crippen LogP contribution in [0.1, 0.15) is 38.6 Å². The minimum absolute atomic E-state index is 0.406. The second-order valence-electron chi connectivity index (χ2n) is 3.85. The zero-order valence-corrected chi connectivity index (χ0v) is 9.38. The Morgan fingerprint density at radius 3 is 3.00 bits per heavy atom. The van der Waals surface area contributed by atoms with Crippen molar-refractivity contribution in [2.24, 2.45) is 0 Å². The Labute approximate surface area is 87.9 Å². The molecule has 78 valence electrons. The zero-order valence-electron chi connectivity index (χ0n) is 8.56. The van der Waals surface area contributed by atoms with E-state index in [9.17, 15) is 0 Å². The fourth-order valence-electron chi connectivity index (χ4n) is 1.62. The first-order valence-electron chi connectivity index (χ1n) is 5.09. The van der Waals surface area contributed by atoms with Gasteiger partial charge in [-0.25, -0.2) is 0 Å². The van der Waals surface area contributed by atoms with Gasteiger partial charge in [0.05, 0.1) is 6.54 Å². The molecule has 0 saturated carbocycles. The van der Waals surface area contributed by atoms with E-state index >= 15 is 0 Å². The first kappa shape index (κ1) is 9.98. The van der Waals surface area contributed by atoms with Crippen molar-refractivity contribution < 1.29 is 9.73 Å². The number of aromatic nitrogens is 2. The summed E-state index contributed by atoms with van der Waals surface area (Å²) in [5.41, 5.74) is 0. The summed E-state index contributed by atoms with van der Waals surface area (Å²) in [6, 6.07) is 0.406. The lowest BCUT2D eigenvalue weighted by atomic mass is 10.2. The minimum atomic E-state index is 0.406. The Morgan fingerprint density at radius 2 is 2.36 bits per heavy atom. The second-order valence-corrected chi connectivity index (χ2v) is 5.37. The summed E-state index contributed by atoms with van der Waals surface area (Å²) < 4.78 is 5.59. The molecular formula is C9H16N3OS+. The van der Waals surface area contributed by atoms with Crippen LogP contribution in [0.3, 0.4) is 0 Å². The molecule has 2 N–H and O–H groups in total. The van der Waals surface area contributed by atoms with Gasteiger partial charge in [0.25, 0.3) is 11.1 Å². The summed E-state index contributed by atoms with van der Waals surface area (Å²) in [7, 11) is 0. The van der Waals surface area contributed by atoms with Crippen LogP contribution in [-0.2, 0) is 0 Å². The highest BCUT2D eigenvalue weighted by Gasteiger charge is 2.26. The molecule has 0 aromatic carbocycles. The van der Waals surface area contributed by atoms with Gasteiger partial charge in [-0.3, -0.25) is 0 Å². The monoisotopic (exact) mass is 214 g/mol. The molecule has 1 saturated heterocycles. The van der Waals surface area contributed by atoms with Gasteiger partial charge >= 0.3 is 0 Å². The average Bonchev–Trinajstić information content (AvgIpc) is 2.69. The molecule has 0 unspecified atom stereocenters. The summed E-state index contributed by atoms with van der Waals surface area (Å²) in [4.78, 5) is 0. The van der Waals surface area contributed by atoms with Crippen molar-refractivity contribution in [3.05, 3.63) is 5.89 Å². The molecule has 14 heavy (non-hydrogen) atoms. The van der Waals surface area contributed by atoms with Gasteiger partial charge in [0, 0.05) is 18.1 Å². The molecule has 1 aliphatic heterocycles. The number of hydrogen-bond acceptors (Lipinski definition) is 4. The van der Waals surface area contributed by atoms with E-state index in [2.05, 4.69) is 29.4 Å². The Bertz CT molecular complexity index is 294.